The van der Waals surface area contributed by atoms with Crippen LogP contribution >= 0.6 is 0 Å². The molecule has 1 saturated heterocycles. The minimum absolute atomic E-state index is 0.0111. The minimum atomic E-state index is -5.36. The van der Waals surface area contributed by atoms with Crippen molar-refractivity contribution in [1.29, 1.82) is 0 Å². The smallest absolute Gasteiger partial charge is 0.465 e. The third-order valence-corrected chi connectivity index (χ3v) is 11.2. The number of anilines is 3. The second-order valence-corrected chi connectivity index (χ2v) is 15.5. The summed E-state index contributed by atoms with van der Waals surface area (Å²) in [4.78, 5) is 78.6. The molecule has 1 saturated carbocycles. The first-order valence-corrected chi connectivity index (χ1v) is 20.6. The summed E-state index contributed by atoms with van der Waals surface area (Å²) in [6, 6.07) is 20.2. The fraction of sp³-hybridized carbons (Fsp3) is 0.364. The molecule has 342 valence electrons. The van der Waals surface area contributed by atoms with Crippen molar-refractivity contribution in [3.05, 3.63) is 107 Å². The molecule has 2 fully saturated rings. The number of alkyl halides is 3. The fourth-order valence-electron chi connectivity index (χ4n) is 8.05. The van der Waals surface area contributed by atoms with Gasteiger partial charge in [0.05, 0.1) is 43.8 Å². The average Bonchev–Trinajstić information content (AvgIpc) is 4.03. The van der Waals surface area contributed by atoms with E-state index in [9.17, 15) is 42.3 Å². The van der Waals surface area contributed by atoms with Gasteiger partial charge in [0.2, 0.25) is 11.9 Å². The van der Waals surface area contributed by atoms with Crippen molar-refractivity contribution < 1.29 is 56.5 Å². The number of aliphatic hydroxyl groups excluding tert-OH is 1. The number of carbonyl (C=O) groups is 5. The molecule has 0 unspecified atom stereocenters. The molecule has 3 aromatic carbocycles. The number of nitrogens with one attached hydrogen (secondary N) is 4. The third-order valence-electron chi connectivity index (χ3n) is 11.2. The summed E-state index contributed by atoms with van der Waals surface area (Å²) in [5.74, 6) is -4.17. The number of amides is 3. The lowest BCUT2D eigenvalue weighted by Crippen LogP contribution is -2.47. The summed E-state index contributed by atoms with van der Waals surface area (Å²) in [5, 5.41) is 23.1. The Balaban J connectivity index is 1.19. The van der Waals surface area contributed by atoms with Gasteiger partial charge in [-0.15, -0.1) is 0 Å². The monoisotopic (exact) mass is 901 g/mol. The lowest BCUT2D eigenvalue weighted by molar-refractivity contribution is -0.209. The molecule has 5 atom stereocenters. The van der Waals surface area contributed by atoms with Crippen molar-refractivity contribution in [3.8, 4) is 0 Å². The van der Waals surface area contributed by atoms with Crippen LogP contribution in [0.1, 0.15) is 70.0 Å². The fourth-order valence-corrected chi connectivity index (χ4v) is 8.05. The quantitative estimate of drug-likeness (QED) is 0.0751. The van der Waals surface area contributed by atoms with Crippen molar-refractivity contribution in [2.24, 2.45) is 0 Å². The van der Waals surface area contributed by atoms with Crippen LogP contribution in [0.2, 0.25) is 0 Å². The first kappa shape index (κ1) is 45.7. The molecule has 0 bridgehead atoms. The van der Waals surface area contributed by atoms with E-state index in [4.69, 9.17) is 24.2 Å². The Morgan fingerprint density at radius 2 is 1.52 bits per heavy atom. The number of aliphatic hydroxyl groups is 1. The highest BCUT2D eigenvalue weighted by atomic mass is 19.4. The van der Waals surface area contributed by atoms with Crippen LogP contribution in [-0.2, 0) is 23.8 Å². The molecule has 18 nitrogen and oxygen atoms in total. The number of hydrogen-bond donors (Lipinski definition) is 5. The van der Waals surface area contributed by atoms with Gasteiger partial charge < -0.3 is 50.1 Å². The molecule has 0 radical (unpaired) electrons. The SMILES string of the molecule is CCC(=O)N[C@H]1C[C@@H](n2cnc3c(NCC(c4ccccc4)c4ccccc4)nc(N4CC[C@@H](NC(=O)Nc5cc(C(=O)OC)cc(C(=O)OC)c5)C4)nc32)[C@H](O)[C@@H]1OC(=O)C(F)(F)F. The van der Waals surface area contributed by atoms with E-state index in [-0.39, 0.29) is 59.2 Å². The summed E-state index contributed by atoms with van der Waals surface area (Å²) in [7, 11) is 2.36. The van der Waals surface area contributed by atoms with Gasteiger partial charge >= 0.3 is 30.1 Å². The van der Waals surface area contributed by atoms with Crippen LogP contribution in [0.25, 0.3) is 11.2 Å². The van der Waals surface area contributed by atoms with Crippen LogP contribution in [0, 0.1) is 0 Å². The largest absolute Gasteiger partial charge is 0.490 e. The Labute approximate surface area is 369 Å². The van der Waals surface area contributed by atoms with Gasteiger partial charge in [0.1, 0.15) is 6.10 Å². The first-order chi connectivity index (χ1) is 31.2. The molecular formula is C44H46F3N9O9. The number of fused-ring (bicyclic) bond motifs is 1. The lowest BCUT2D eigenvalue weighted by atomic mass is 9.91. The number of rotatable bonds is 14. The predicted octanol–water partition coefficient (Wildman–Crippen LogP) is 4.72. The minimum Gasteiger partial charge on any atom is -0.465 e. The average molecular weight is 902 g/mol. The molecule has 0 spiro atoms. The second kappa shape index (κ2) is 19.6. The summed E-state index contributed by atoms with van der Waals surface area (Å²) in [6.07, 6.45) is -7.21. The number of urea groups is 1. The van der Waals surface area contributed by atoms with E-state index in [1.165, 1.54) is 43.3 Å². The van der Waals surface area contributed by atoms with Crippen LogP contribution in [-0.4, -0.2) is 119 Å². The molecule has 2 aliphatic rings. The molecule has 1 aliphatic heterocycles. The van der Waals surface area contributed by atoms with Crippen molar-refractivity contribution >= 4 is 58.5 Å². The maximum absolute atomic E-state index is 13.4. The zero-order valence-corrected chi connectivity index (χ0v) is 35.4. The number of carbonyl (C=O) groups excluding carboxylic acids is 5. The number of aromatic nitrogens is 4. The van der Waals surface area contributed by atoms with Gasteiger partial charge in [0.15, 0.2) is 23.1 Å². The Hall–Kier alpha value is -7.29. The van der Waals surface area contributed by atoms with Gasteiger partial charge in [-0.25, -0.2) is 24.2 Å². The van der Waals surface area contributed by atoms with Gasteiger partial charge in [0, 0.05) is 43.7 Å². The van der Waals surface area contributed by atoms with Gasteiger partial charge in [-0.3, -0.25) is 4.79 Å². The number of ether oxygens (including phenoxy) is 3. The normalized spacial score (nSPS) is 19.4. The molecule has 5 N–H and O–H groups in total. The van der Waals surface area contributed by atoms with Crippen molar-refractivity contribution in [2.75, 3.05) is 49.4 Å². The molecule has 21 heteroatoms. The topological polar surface area (TPSA) is 228 Å². The molecule has 3 amide bonds. The summed E-state index contributed by atoms with van der Waals surface area (Å²) >= 11 is 0. The number of halogens is 3. The Morgan fingerprint density at radius 1 is 0.892 bits per heavy atom. The number of imidazole rings is 1. The lowest BCUT2D eigenvalue weighted by Gasteiger charge is -2.24. The van der Waals surface area contributed by atoms with Gasteiger partial charge in [-0.05, 0) is 42.2 Å². The molecule has 5 aromatic rings. The number of nitrogens with zero attached hydrogens (tertiary/aromatic N) is 5. The van der Waals surface area contributed by atoms with Crippen LogP contribution in [0.4, 0.5) is 35.4 Å². The zero-order valence-electron chi connectivity index (χ0n) is 35.4. The van der Waals surface area contributed by atoms with Crippen LogP contribution < -0.4 is 26.2 Å². The molecule has 3 heterocycles. The van der Waals surface area contributed by atoms with Crippen molar-refractivity contribution in [2.45, 2.75) is 68.6 Å². The standard InChI is InChI=1S/C44H46F3N9O9/c1-4-33(57)52-31-20-32(35(58)36(31)65-41(61)44(45,46)47)56-23-49-34-37(48-21-30(24-11-7-5-8-12-24)25-13-9-6-10-14-25)53-42(54-38(34)56)55-16-15-28(22-55)50-43(62)51-29-18-26(39(59)63-2)17-27(19-29)40(60)64-3/h5-14,17-19,23,28,30-32,35-36,58H,4,15-16,20-22H2,1-3H3,(H,52,57)(H,48,53,54)(H2,50,51,62)/t28-,31+,32-,35+,36-/m1/s1. The summed E-state index contributed by atoms with van der Waals surface area (Å²) in [6.45, 7) is 2.45. The highest BCUT2D eigenvalue weighted by molar-refractivity contribution is 5.99. The van der Waals surface area contributed by atoms with Crippen molar-refractivity contribution in [3.63, 3.8) is 0 Å². The van der Waals surface area contributed by atoms with E-state index in [1.54, 1.807) is 6.92 Å². The Morgan fingerprint density at radius 3 is 2.11 bits per heavy atom. The van der Waals surface area contributed by atoms with Crippen molar-refractivity contribution in [1.82, 2.24) is 30.2 Å². The molecule has 65 heavy (non-hydrogen) atoms. The number of esters is 3. The molecule has 2 aromatic heterocycles. The van der Waals surface area contributed by atoms with E-state index >= 15 is 0 Å². The highest BCUT2D eigenvalue weighted by Crippen LogP contribution is 2.38. The predicted molar refractivity (Wildman–Crippen MR) is 228 cm³/mol. The Kier molecular flexibility index (Phi) is 13.8. The van der Waals surface area contributed by atoms with Gasteiger partial charge in [0.25, 0.3) is 0 Å². The van der Waals surface area contributed by atoms with E-state index in [0.717, 1.165) is 11.1 Å². The Bertz CT molecular complexity index is 2470. The van der Waals surface area contributed by atoms with E-state index < -0.39 is 66.4 Å². The van der Waals surface area contributed by atoms with E-state index in [0.29, 0.717) is 25.3 Å². The molecular weight excluding hydrogens is 856 g/mol. The van der Waals surface area contributed by atoms with Gasteiger partial charge in [-0.1, -0.05) is 67.6 Å². The van der Waals surface area contributed by atoms with Crippen LogP contribution in [0.3, 0.4) is 0 Å². The maximum Gasteiger partial charge on any atom is 0.490 e. The van der Waals surface area contributed by atoms with E-state index in [2.05, 4.69) is 26.3 Å². The third kappa shape index (κ3) is 10.4. The number of benzene rings is 3. The number of methoxy groups -OCH3 is 2. The van der Waals surface area contributed by atoms with Crippen LogP contribution in [0.5, 0.6) is 0 Å². The summed E-state index contributed by atoms with van der Waals surface area (Å²) < 4.78 is 56.1. The second-order valence-electron chi connectivity index (χ2n) is 15.5. The highest BCUT2D eigenvalue weighted by Gasteiger charge is 2.51. The molecule has 1 aliphatic carbocycles. The van der Waals surface area contributed by atoms with E-state index in [1.807, 2.05) is 65.6 Å². The zero-order chi connectivity index (χ0) is 46.4. The van der Waals surface area contributed by atoms with Gasteiger partial charge in [-0.2, -0.15) is 23.1 Å². The first-order valence-electron chi connectivity index (χ1n) is 20.6. The maximum atomic E-state index is 13.4. The summed E-state index contributed by atoms with van der Waals surface area (Å²) in [5.41, 5.74) is 2.63. The molecule has 7 rings (SSSR count). The number of hydrogen-bond acceptors (Lipinski definition) is 14. The van der Waals surface area contributed by atoms with Crippen LogP contribution in [0.15, 0.2) is 85.2 Å².